The van der Waals surface area contributed by atoms with Crippen molar-refractivity contribution in [2.45, 2.75) is 44.8 Å². The highest BCUT2D eigenvalue weighted by atomic mass is 16.3. The zero-order valence-corrected chi connectivity index (χ0v) is 13.5. The van der Waals surface area contributed by atoms with E-state index in [4.69, 9.17) is 0 Å². The lowest BCUT2D eigenvalue weighted by Gasteiger charge is -2.28. The van der Waals surface area contributed by atoms with Gasteiger partial charge in [-0.05, 0) is 44.7 Å². The summed E-state index contributed by atoms with van der Waals surface area (Å²) in [6.07, 6.45) is 3.77. The summed E-state index contributed by atoms with van der Waals surface area (Å²) in [5.41, 5.74) is -0.614. The second-order valence-corrected chi connectivity index (χ2v) is 6.29. The molecule has 0 amide bonds. The van der Waals surface area contributed by atoms with E-state index in [0.29, 0.717) is 23.0 Å². The van der Waals surface area contributed by atoms with Gasteiger partial charge in [0.15, 0.2) is 0 Å². The molecule has 1 N–H and O–H groups in total. The van der Waals surface area contributed by atoms with Gasteiger partial charge in [-0.15, -0.1) is 0 Å². The van der Waals surface area contributed by atoms with E-state index in [0.717, 1.165) is 12.8 Å². The molecule has 0 bridgehead atoms. The maximum atomic E-state index is 12.8. The number of carbonyl (C=O) groups is 1. The summed E-state index contributed by atoms with van der Waals surface area (Å²) in [4.78, 5) is 37.8. The van der Waals surface area contributed by atoms with Crippen LogP contribution in [0.25, 0.3) is 0 Å². The first-order valence-corrected chi connectivity index (χ1v) is 8.11. The molecule has 2 aromatic rings. The normalized spacial score (nSPS) is 20.8. The molecule has 24 heavy (non-hydrogen) atoms. The van der Waals surface area contributed by atoms with E-state index in [-0.39, 0.29) is 11.6 Å². The third kappa shape index (κ3) is 2.97. The fraction of sp³-hybridized carbons (Fsp3) is 0.389. The number of aliphatic hydroxyl groups excluding tert-OH is 1. The van der Waals surface area contributed by atoms with Crippen LogP contribution < -0.4 is 11.2 Å². The number of rotatable bonds is 2. The van der Waals surface area contributed by atoms with Crippen LogP contribution in [-0.2, 0) is 0 Å². The van der Waals surface area contributed by atoms with Crippen molar-refractivity contribution in [1.29, 1.82) is 0 Å². The van der Waals surface area contributed by atoms with E-state index in [1.54, 1.807) is 37.3 Å². The van der Waals surface area contributed by atoms with E-state index in [9.17, 15) is 19.5 Å². The predicted octanol–water partition coefficient (Wildman–Crippen LogP) is 1.48. The van der Waals surface area contributed by atoms with Gasteiger partial charge in [0.2, 0.25) is 0 Å². The molecule has 1 aliphatic rings. The van der Waals surface area contributed by atoms with E-state index >= 15 is 0 Å². The van der Waals surface area contributed by atoms with Crippen molar-refractivity contribution < 1.29 is 9.90 Å². The van der Waals surface area contributed by atoms with Crippen LogP contribution in [0.1, 0.15) is 47.6 Å². The second kappa shape index (κ2) is 6.57. The van der Waals surface area contributed by atoms with Crippen molar-refractivity contribution in [3.63, 3.8) is 0 Å². The Morgan fingerprint density at radius 1 is 1.17 bits per heavy atom. The van der Waals surface area contributed by atoms with Crippen LogP contribution in [0.2, 0.25) is 0 Å². The lowest BCUT2D eigenvalue weighted by atomic mass is 9.93. The minimum atomic E-state index is -0.640. The van der Waals surface area contributed by atoms with Crippen molar-refractivity contribution in [3.8, 4) is 0 Å². The molecule has 1 aromatic heterocycles. The number of benzene rings is 1. The monoisotopic (exact) mass is 328 g/mol. The molecule has 0 unspecified atom stereocenters. The fourth-order valence-corrected chi connectivity index (χ4v) is 3.24. The van der Waals surface area contributed by atoms with Crippen molar-refractivity contribution >= 4 is 5.91 Å². The standard InChI is InChI=1S/C18H20N2O4/c1-12-11-19(14-8-5-9-15(21)10-14)18(24)20(16(12)22)17(23)13-6-3-2-4-7-13/h2-4,6-7,11,14-15,21H,5,8-10H2,1H3/t14-,15+/m0/s1. The van der Waals surface area contributed by atoms with Gasteiger partial charge in [0, 0.05) is 23.4 Å². The highest BCUT2D eigenvalue weighted by molar-refractivity contribution is 5.95. The number of hydrogen-bond acceptors (Lipinski definition) is 4. The summed E-state index contributed by atoms with van der Waals surface area (Å²) in [6.45, 7) is 1.59. The molecule has 6 heteroatoms. The summed E-state index contributed by atoms with van der Waals surface area (Å²) in [7, 11) is 0. The second-order valence-electron chi connectivity index (χ2n) is 6.29. The molecule has 0 spiro atoms. The van der Waals surface area contributed by atoms with Gasteiger partial charge in [-0.2, -0.15) is 4.57 Å². The molecule has 1 fully saturated rings. The minimum absolute atomic E-state index is 0.199. The van der Waals surface area contributed by atoms with Gasteiger partial charge >= 0.3 is 5.69 Å². The Hall–Kier alpha value is -2.47. The van der Waals surface area contributed by atoms with Gasteiger partial charge in [0.1, 0.15) is 0 Å². The summed E-state index contributed by atoms with van der Waals surface area (Å²) in [5.74, 6) is -0.626. The van der Waals surface area contributed by atoms with Crippen LogP contribution in [0.4, 0.5) is 0 Å². The quantitative estimate of drug-likeness (QED) is 0.905. The van der Waals surface area contributed by atoms with E-state index in [2.05, 4.69) is 0 Å². The first-order chi connectivity index (χ1) is 11.5. The Morgan fingerprint density at radius 2 is 1.88 bits per heavy atom. The Kier molecular flexibility index (Phi) is 4.49. The summed E-state index contributed by atoms with van der Waals surface area (Å²) in [5, 5.41) is 9.86. The number of aromatic nitrogens is 2. The maximum Gasteiger partial charge on any atom is 0.338 e. The number of aryl methyl sites for hydroxylation is 1. The highest BCUT2D eigenvalue weighted by Gasteiger charge is 2.25. The van der Waals surface area contributed by atoms with E-state index in [1.807, 2.05) is 0 Å². The zero-order chi connectivity index (χ0) is 17.3. The topological polar surface area (TPSA) is 81.3 Å². The van der Waals surface area contributed by atoms with Crippen molar-refractivity contribution in [2.75, 3.05) is 0 Å². The number of carbonyl (C=O) groups excluding carboxylic acids is 1. The van der Waals surface area contributed by atoms with Crippen LogP contribution in [0.5, 0.6) is 0 Å². The zero-order valence-electron chi connectivity index (χ0n) is 13.5. The third-order valence-electron chi connectivity index (χ3n) is 4.52. The van der Waals surface area contributed by atoms with E-state index < -0.39 is 23.3 Å². The highest BCUT2D eigenvalue weighted by Crippen LogP contribution is 2.27. The maximum absolute atomic E-state index is 12.8. The van der Waals surface area contributed by atoms with Crippen LogP contribution in [-0.4, -0.2) is 26.3 Å². The van der Waals surface area contributed by atoms with Crippen molar-refractivity contribution in [2.24, 2.45) is 0 Å². The average Bonchev–Trinajstić information content (AvgIpc) is 2.59. The molecule has 0 aliphatic heterocycles. The van der Waals surface area contributed by atoms with Gasteiger partial charge in [0.05, 0.1) is 6.10 Å². The number of hydrogen-bond donors (Lipinski definition) is 1. The van der Waals surface area contributed by atoms with E-state index in [1.165, 1.54) is 10.8 Å². The Labute approximate surface area is 139 Å². The molecule has 1 saturated carbocycles. The van der Waals surface area contributed by atoms with Crippen LogP contribution in [0, 0.1) is 6.92 Å². The molecule has 126 valence electrons. The molecular weight excluding hydrogens is 308 g/mol. The van der Waals surface area contributed by atoms with Crippen LogP contribution in [0.3, 0.4) is 0 Å². The molecule has 6 nitrogen and oxygen atoms in total. The van der Waals surface area contributed by atoms with Gasteiger partial charge in [0.25, 0.3) is 11.5 Å². The Bertz CT molecular complexity index is 867. The number of aliphatic hydroxyl groups is 1. The van der Waals surface area contributed by atoms with Gasteiger partial charge in [-0.1, -0.05) is 18.2 Å². The lowest BCUT2D eigenvalue weighted by Crippen LogP contribution is -2.46. The first kappa shape index (κ1) is 16.4. The van der Waals surface area contributed by atoms with Crippen LogP contribution >= 0.6 is 0 Å². The molecule has 1 aromatic carbocycles. The smallest absolute Gasteiger partial charge is 0.338 e. The molecule has 3 rings (SSSR count). The molecule has 0 saturated heterocycles. The molecular formula is C18H20N2O4. The van der Waals surface area contributed by atoms with Gasteiger partial charge in [-0.25, -0.2) is 4.79 Å². The fourth-order valence-electron chi connectivity index (χ4n) is 3.24. The lowest BCUT2D eigenvalue weighted by molar-refractivity contribution is 0.0931. The number of nitrogens with zero attached hydrogens (tertiary/aromatic N) is 2. The Balaban J connectivity index is 2.12. The SMILES string of the molecule is Cc1cn([C@H]2CCC[C@@H](O)C2)c(=O)n(C(=O)c2ccccc2)c1=O. The summed E-state index contributed by atoms with van der Waals surface area (Å²) in [6, 6.07) is 8.08. The summed E-state index contributed by atoms with van der Waals surface area (Å²) < 4.78 is 2.13. The average molecular weight is 328 g/mol. The molecule has 1 aliphatic carbocycles. The molecule has 1 heterocycles. The Morgan fingerprint density at radius 3 is 2.54 bits per heavy atom. The largest absolute Gasteiger partial charge is 0.393 e. The van der Waals surface area contributed by atoms with Crippen LogP contribution in [0.15, 0.2) is 46.1 Å². The van der Waals surface area contributed by atoms with Crippen molar-refractivity contribution in [3.05, 3.63) is 68.5 Å². The molecule has 2 atom stereocenters. The first-order valence-electron chi connectivity index (χ1n) is 8.11. The third-order valence-corrected chi connectivity index (χ3v) is 4.52. The predicted molar refractivity (Wildman–Crippen MR) is 89.4 cm³/mol. The van der Waals surface area contributed by atoms with Gasteiger partial charge < -0.3 is 5.11 Å². The van der Waals surface area contributed by atoms with Crippen molar-refractivity contribution in [1.82, 2.24) is 9.13 Å². The molecule has 0 radical (unpaired) electrons. The minimum Gasteiger partial charge on any atom is -0.393 e. The summed E-state index contributed by atoms with van der Waals surface area (Å²) >= 11 is 0. The van der Waals surface area contributed by atoms with Gasteiger partial charge in [-0.3, -0.25) is 14.2 Å².